The first-order valence-corrected chi connectivity index (χ1v) is 22.0. The van der Waals surface area contributed by atoms with Crippen molar-refractivity contribution >= 4 is 19.8 Å². The van der Waals surface area contributed by atoms with E-state index in [1.54, 1.807) is 0 Å². The average molecular weight is 744 g/mol. The molecule has 0 aromatic carbocycles. The lowest BCUT2D eigenvalue weighted by Gasteiger charge is -2.28. The standard InChI is InChI=1S/C41H78NO8P/c1-6-8-10-12-14-16-18-20-21-22-24-25-27-29-31-33-40(43)47-37-39(38-49-51(45,46)48-36-35-42(3,4)5)50-41(44)34-32-30-28-26-23-19-17-15-13-11-9-7-2/h12,14-15,17,39H,6-11,13,16,18-38H2,1-5H3/b14-12+,17-15+/t39-/m1/s1. The zero-order valence-electron chi connectivity index (χ0n) is 33.6. The van der Waals surface area contributed by atoms with Crippen molar-refractivity contribution in [3.05, 3.63) is 24.3 Å². The zero-order valence-corrected chi connectivity index (χ0v) is 34.4. The van der Waals surface area contributed by atoms with E-state index in [2.05, 4.69) is 38.2 Å². The second-order valence-electron chi connectivity index (χ2n) is 15.0. The number of hydrogen-bond donors (Lipinski definition) is 0. The van der Waals surface area contributed by atoms with Gasteiger partial charge in [0.05, 0.1) is 27.7 Å². The Morgan fingerprint density at radius 2 is 1.02 bits per heavy atom. The van der Waals surface area contributed by atoms with Crippen LogP contribution in [0.25, 0.3) is 0 Å². The third-order valence-corrected chi connectivity index (χ3v) is 9.66. The van der Waals surface area contributed by atoms with E-state index >= 15 is 0 Å². The number of esters is 2. The quantitative estimate of drug-likeness (QED) is 0.0203. The van der Waals surface area contributed by atoms with E-state index in [1.165, 1.54) is 83.5 Å². The van der Waals surface area contributed by atoms with Crippen LogP contribution in [0.1, 0.15) is 174 Å². The molecule has 0 aromatic heterocycles. The maximum absolute atomic E-state index is 12.6. The molecule has 1 unspecified atom stereocenters. The normalized spacial score (nSPS) is 13.9. The van der Waals surface area contributed by atoms with E-state index in [1.807, 2.05) is 21.1 Å². The van der Waals surface area contributed by atoms with Crippen LogP contribution in [0.3, 0.4) is 0 Å². The van der Waals surface area contributed by atoms with E-state index in [0.29, 0.717) is 17.4 Å². The fourth-order valence-electron chi connectivity index (χ4n) is 5.39. The van der Waals surface area contributed by atoms with Crippen LogP contribution >= 0.6 is 7.82 Å². The number of likely N-dealkylation sites (N-methyl/N-ethyl adjacent to an activating group) is 1. The lowest BCUT2D eigenvalue weighted by molar-refractivity contribution is -0.870. The van der Waals surface area contributed by atoms with Crippen molar-refractivity contribution in [2.75, 3.05) is 47.5 Å². The molecule has 0 aliphatic carbocycles. The summed E-state index contributed by atoms with van der Waals surface area (Å²) in [6, 6.07) is 0. The Bertz CT molecular complexity index is 933. The van der Waals surface area contributed by atoms with Gasteiger partial charge >= 0.3 is 11.9 Å². The largest absolute Gasteiger partial charge is 0.756 e. The highest BCUT2D eigenvalue weighted by atomic mass is 31.2. The van der Waals surface area contributed by atoms with Crippen molar-refractivity contribution in [1.29, 1.82) is 0 Å². The van der Waals surface area contributed by atoms with Crippen LogP contribution in [-0.2, 0) is 32.7 Å². The molecule has 0 radical (unpaired) electrons. The van der Waals surface area contributed by atoms with Gasteiger partial charge in [0.25, 0.3) is 7.82 Å². The summed E-state index contributed by atoms with van der Waals surface area (Å²) in [7, 11) is 1.16. The van der Waals surface area contributed by atoms with Crippen LogP contribution < -0.4 is 4.89 Å². The van der Waals surface area contributed by atoms with Crippen LogP contribution in [0.15, 0.2) is 24.3 Å². The number of quaternary nitrogens is 1. The average Bonchev–Trinajstić information content (AvgIpc) is 3.07. The summed E-state index contributed by atoms with van der Waals surface area (Å²) in [5.74, 6) is -0.847. The lowest BCUT2D eigenvalue weighted by atomic mass is 10.1. The minimum atomic E-state index is -4.62. The van der Waals surface area contributed by atoms with Crippen LogP contribution in [0.2, 0.25) is 0 Å². The molecule has 51 heavy (non-hydrogen) atoms. The number of phosphoric ester groups is 1. The minimum absolute atomic E-state index is 0.0317. The minimum Gasteiger partial charge on any atom is -0.756 e. The Morgan fingerprint density at radius 1 is 0.588 bits per heavy atom. The van der Waals surface area contributed by atoms with E-state index < -0.39 is 26.5 Å². The van der Waals surface area contributed by atoms with Gasteiger partial charge in [-0.05, 0) is 57.8 Å². The van der Waals surface area contributed by atoms with E-state index in [-0.39, 0.29) is 32.0 Å². The molecule has 0 rings (SSSR count). The van der Waals surface area contributed by atoms with Gasteiger partial charge in [-0.15, -0.1) is 0 Å². The van der Waals surface area contributed by atoms with Gasteiger partial charge in [0, 0.05) is 12.8 Å². The first-order chi connectivity index (χ1) is 24.5. The Kier molecular flexibility index (Phi) is 33.3. The molecule has 0 aromatic rings. The van der Waals surface area contributed by atoms with Gasteiger partial charge in [0.2, 0.25) is 0 Å². The molecule has 0 fully saturated rings. The molecular formula is C41H78NO8P. The lowest BCUT2D eigenvalue weighted by Crippen LogP contribution is -2.37. The van der Waals surface area contributed by atoms with Gasteiger partial charge in [-0.2, -0.15) is 0 Å². The van der Waals surface area contributed by atoms with E-state index in [4.69, 9.17) is 18.5 Å². The highest BCUT2D eigenvalue weighted by Gasteiger charge is 2.21. The topological polar surface area (TPSA) is 111 Å². The molecule has 0 heterocycles. The van der Waals surface area contributed by atoms with Crippen molar-refractivity contribution in [3.63, 3.8) is 0 Å². The molecule has 10 heteroatoms. The molecule has 0 N–H and O–H groups in total. The summed E-state index contributed by atoms with van der Waals surface area (Å²) in [6.07, 6.45) is 34.8. The van der Waals surface area contributed by atoms with Crippen LogP contribution in [0, 0.1) is 0 Å². The van der Waals surface area contributed by atoms with Gasteiger partial charge in [0.15, 0.2) is 6.10 Å². The predicted octanol–water partition coefficient (Wildman–Crippen LogP) is 10.6. The molecule has 0 amide bonds. The molecular weight excluding hydrogens is 665 g/mol. The Morgan fingerprint density at radius 3 is 1.51 bits per heavy atom. The van der Waals surface area contributed by atoms with Crippen LogP contribution in [-0.4, -0.2) is 70.0 Å². The fourth-order valence-corrected chi connectivity index (χ4v) is 6.12. The summed E-state index contributed by atoms with van der Waals surface area (Å²) < 4.78 is 33.8. The van der Waals surface area contributed by atoms with Gasteiger partial charge in [-0.1, -0.05) is 128 Å². The molecule has 300 valence electrons. The SMILES string of the molecule is CCCC/C=C/CCCCCCCCCCCC(=O)OC[C@H](COP(=O)([O-])OCC[N+](C)(C)C)OC(=O)CCCCCCC/C=C/CCCCC. The maximum Gasteiger partial charge on any atom is 0.306 e. The molecule has 2 atom stereocenters. The van der Waals surface area contributed by atoms with Crippen molar-refractivity contribution in [3.8, 4) is 0 Å². The van der Waals surface area contributed by atoms with Crippen LogP contribution in [0.4, 0.5) is 0 Å². The van der Waals surface area contributed by atoms with Crippen molar-refractivity contribution in [2.45, 2.75) is 180 Å². The Hall–Kier alpha value is -1.51. The third-order valence-electron chi connectivity index (χ3n) is 8.69. The maximum atomic E-state index is 12.6. The number of allylic oxidation sites excluding steroid dienone is 4. The zero-order chi connectivity index (χ0) is 37.9. The molecule has 0 saturated heterocycles. The van der Waals surface area contributed by atoms with Gasteiger partial charge in [0.1, 0.15) is 19.8 Å². The number of carbonyl (C=O) groups excluding carboxylic acids is 2. The summed E-state index contributed by atoms with van der Waals surface area (Å²) in [5.41, 5.74) is 0. The second-order valence-corrected chi connectivity index (χ2v) is 16.4. The van der Waals surface area contributed by atoms with E-state index in [0.717, 1.165) is 57.8 Å². The van der Waals surface area contributed by atoms with Crippen molar-refractivity contribution in [2.24, 2.45) is 0 Å². The number of unbranched alkanes of at least 4 members (excludes halogenated alkanes) is 19. The number of nitrogens with zero attached hydrogens (tertiary/aromatic N) is 1. The highest BCUT2D eigenvalue weighted by molar-refractivity contribution is 7.45. The number of carbonyl (C=O) groups is 2. The smallest absolute Gasteiger partial charge is 0.306 e. The Balaban J connectivity index is 4.39. The summed E-state index contributed by atoms with van der Waals surface area (Å²) in [4.78, 5) is 37.4. The van der Waals surface area contributed by atoms with Crippen LogP contribution in [0.5, 0.6) is 0 Å². The molecule has 0 bridgehead atoms. The predicted molar refractivity (Wildman–Crippen MR) is 208 cm³/mol. The second kappa shape index (κ2) is 34.3. The third kappa shape index (κ3) is 38.0. The number of ether oxygens (including phenoxy) is 2. The molecule has 9 nitrogen and oxygen atoms in total. The van der Waals surface area contributed by atoms with Gasteiger partial charge in [-0.25, -0.2) is 0 Å². The Labute approximate surface area is 313 Å². The molecule has 0 aliphatic rings. The number of hydrogen-bond acceptors (Lipinski definition) is 8. The van der Waals surface area contributed by atoms with Gasteiger partial charge < -0.3 is 27.9 Å². The molecule has 0 aliphatic heterocycles. The number of rotatable bonds is 37. The van der Waals surface area contributed by atoms with Gasteiger partial charge in [-0.3, -0.25) is 14.2 Å². The first kappa shape index (κ1) is 49.5. The number of phosphoric acid groups is 1. The van der Waals surface area contributed by atoms with Crippen molar-refractivity contribution in [1.82, 2.24) is 0 Å². The van der Waals surface area contributed by atoms with Crippen molar-refractivity contribution < 1.29 is 42.1 Å². The summed E-state index contributed by atoms with van der Waals surface area (Å²) >= 11 is 0. The summed E-state index contributed by atoms with van der Waals surface area (Å²) in [6.45, 7) is 4.15. The first-order valence-electron chi connectivity index (χ1n) is 20.5. The van der Waals surface area contributed by atoms with E-state index in [9.17, 15) is 19.0 Å². The molecule has 0 saturated carbocycles. The monoisotopic (exact) mass is 744 g/mol. The fraction of sp³-hybridized carbons (Fsp3) is 0.854. The summed E-state index contributed by atoms with van der Waals surface area (Å²) in [5, 5.41) is 0. The molecule has 0 spiro atoms. The highest BCUT2D eigenvalue weighted by Crippen LogP contribution is 2.38.